The normalized spacial score (nSPS) is 11.6. The number of hydrogen-bond donors (Lipinski definition) is 1. The molecule has 0 radical (unpaired) electrons. The fourth-order valence-electron chi connectivity index (χ4n) is 3.47. The lowest BCUT2D eigenvalue weighted by atomic mass is 10.1. The number of ether oxygens (including phenoxy) is 2. The van der Waals surface area contributed by atoms with Gasteiger partial charge in [0.25, 0.3) is 5.91 Å². The van der Waals surface area contributed by atoms with Gasteiger partial charge in [-0.3, -0.25) is 4.79 Å². The number of benzene rings is 3. The summed E-state index contributed by atoms with van der Waals surface area (Å²) in [6, 6.07) is 16.6. The van der Waals surface area contributed by atoms with E-state index in [9.17, 15) is 27.9 Å². The molecule has 0 fully saturated rings. The predicted octanol–water partition coefficient (Wildman–Crippen LogP) is 6.36. The number of aryl methyl sites for hydroxylation is 1. The molecule has 3 rings (SSSR count). The lowest BCUT2D eigenvalue weighted by molar-refractivity contribution is -0.152. The average Bonchev–Trinajstić information content (AvgIpc) is 2.83. The van der Waals surface area contributed by atoms with Crippen molar-refractivity contribution >= 4 is 11.9 Å². The lowest BCUT2D eigenvalue weighted by Gasteiger charge is -2.23. The lowest BCUT2D eigenvalue weighted by Crippen LogP contribution is -2.38. The Labute approximate surface area is 213 Å². The first kappa shape index (κ1) is 27.6. The Balaban J connectivity index is 1.65. The molecular formula is C28H28F3NO5. The molecule has 0 aliphatic heterocycles. The van der Waals surface area contributed by atoms with Gasteiger partial charge in [-0.15, -0.1) is 0 Å². The highest BCUT2D eigenvalue weighted by Crippen LogP contribution is 2.31. The zero-order chi connectivity index (χ0) is 27.4. The highest BCUT2D eigenvalue weighted by molar-refractivity contribution is 5.94. The van der Waals surface area contributed by atoms with E-state index in [1.807, 2.05) is 0 Å². The highest BCUT2D eigenvalue weighted by Gasteiger charge is 2.31. The number of alkyl halides is 3. The summed E-state index contributed by atoms with van der Waals surface area (Å²) in [7, 11) is 1.59. The number of nitrogens with zero attached hydrogens (tertiary/aromatic N) is 1. The van der Waals surface area contributed by atoms with Crippen LogP contribution in [-0.2, 0) is 17.4 Å². The number of halogens is 3. The van der Waals surface area contributed by atoms with Gasteiger partial charge < -0.3 is 19.5 Å². The molecule has 0 saturated carbocycles. The SMILES string of the molecule is Cc1cc(Oc2cccc(C(=O)N(C)CCc3cccc(C(F)(F)F)c3)c2)ccc1OC(C)(C)C(=O)O. The van der Waals surface area contributed by atoms with E-state index in [4.69, 9.17) is 9.47 Å². The summed E-state index contributed by atoms with van der Waals surface area (Å²) in [5.74, 6) is -0.0932. The van der Waals surface area contributed by atoms with E-state index in [1.165, 1.54) is 24.8 Å². The molecule has 0 unspecified atom stereocenters. The van der Waals surface area contributed by atoms with Crippen molar-refractivity contribution in [2.75, 3.05) is 13.6 Å². The van der Waals surface area contributed by atoms with Gasteiger partial charge in [0.05, 0.1) is 5.56 Å². The van der Waals surface area contributed by atoms with E-state index in [-0.39, 0.29) is 18.9 Å². The van der Waals surface area contributed by atoms with Crippen molar-refractivity contribution in [3.05, 3.63) is 89.0 Å². The highest BCUT2D eigenvalue weighted by atomic mass is 19.4. The molecule has 0 aromatic heterocycles. The number of carbonyl (C=O) groups excluding carboxylic acids is 1. The molecule has 6 nitrogen and oxygen atoms in total. The fourth-order valence-corrected chi connectivity index (χ4v) is 3.47. The van der Waals surface area contributed by atoms with Crippen LogP contribution in [0.15, 0.2) is 66.7 Å². The molecule has 0 bridgehead atoms. The van der Waals surface area contributed by atoms with Gasteiger partial charge in [0.15, 0.2) is 5.60 Å². The molecule has 0 saturated heterocycles. The molecule has 9 heteroatoms. The number of likely N-dealkylation sites (N-methyl/N-ethyl adjacent to an activating group) is 1. The van der Waals surface area contributed by atoms with E-state index in [1.54, 1.807) is 62.5 Å². The summed E-state index contributed by atoms with van der Waals surface area (Å²) in [5, 5.41) is 9.26. The van der Waals surface area contributed by atoms with Crippen LogP contribution < -0.4 is 9.47 Å². The van der Waals surface area contributed by atoms with Gasteiger partial charge in [-0.2, -0.15) is 13.2 Å². The van der Waals surface area contributed by atoms with Crippen LogP contribution in [-0.4, -0.2) is 41.1 Å². The van der Waals surface area contributed by atoms with Crippen LogP contribution in [0.3, 0.4) is 0 Å². The quantitative estimate of drug-likeness (QED) is 0.359. The Morgan fingerprint density at radius 3 is 2.27 bits per heavy atom. The summed E-state index contributed by atoms with van der Waals surface area (Å²) in [4.78, 5) is 25.7. The van der Waals surface area contributed by atoms with E-state index < -0.39 is 23.3 Å². The van der Waals surface area contributed by atoms with Crippen LogP contribution in [0.2, 0.25) is 0 Å². The fraction of sp³-hybridized carbons (Fsp3) is 0.286. The number of carbonyl (C=O) groups is 2. The molecule has 1 amide bonds. The second kappa shape index (κ2) is 10.9. The number of amides is 1. The predicted molar refractivity (Wildman–Crippen MR) is 132 cm³/mol. The van der Waals surface area contributed by atoms with E-state index in [2.05, 4.69) is 0 Å². The Bertz CT molecular complexity index is 1290. The first-order valence-electron chi connectivity index (χ1n) is 11.5. The van der Waals surface area contributed by atoms with Crippen molar-refractivity contribution in [2.24, 2.45) is 0 Å². The van der Waals surface area contributed by atoms with Crippen LogP contribution in [0.5, 0.6) is 17.2 Å². The van der Waals surface area contributed by atoms with Crippen molar-refractivity contribution in [2.45, 2.75) is 39.0 Å². The molecule has 196 valence electrons. The Kier molecular flexibility index (Phi) is 8.15. The molecule has 0 spiro atoms. The van der Waals surface area contributed by atoms with Crippen molar-refractivity contribution in [1.82, 2.24) is 4.90 Å². The maximum absolute atomic E-state index is 12.9. The molecule has 0 aliphatic carbocycles. The Morgan fingerprint density at radius 1 is 0.946 bits per heavy atom. The minimum Gasteiger partial charge on any atom is -0.478 e. The van der Waals surface area contributed by atoms with Crippen molar-refractivity contribution in [3.8, 4) is 17.2 Å². The number of hydrogen-bond acceptors (Lipinski definition) is 4. The number of rotatable bonds is 9. The van der Waals surface area contributed by atoms with Crippen LogP contribution >= 0.6 is 0 Å². The Hall–Kier alpha value is -4.01. The number of carboxylic acid groups (broad SMARTS) is 1. The van der Waals surface area contributed by atoms with Gasteiger partial charge >= 0.3 is 12.1 Å². The number of aliphatic carboxylic acids is 1. The smallest absolute Gasteiger partial charge is 0.416 e. The molecule has 0 heterocycles. The van der Waals surface area contributed by atoms with Crippen LogP contribution in [0.25, 0.3) is 0 Å². The zero-order valence-corrected chi connectivity index (χ0v) is 20.9. The first-order chi connectivity index (χ1) is 17.3. The molecule has 3 aromatic rings. The molecule has 37 heavy (non-hydrogen) atoms. The van der Waals surface area contributed by atoms with Crippen LogP contribution in [0.1, 0.15) is 40.9 Å². The summed E-state index contributed by atoms with van der Waals surface area (Å²) in [5.41, 5.74) is -0.586. The second-order valence-electron chi connectivity index (χ2n) is 9.15. The van der Waals surface area contributed by atoms with E-state index >= 15 is 0 Å². The second-order valence-corrected chi connectivity index (χ2v) is 9.15. The standard InChI is InChI=1S/C28H28F3NO5/c1-18-15-23(11-12-24(18)37-27(2,3)26(34)35)36-22-10-6-8-20(17-22)25(33)32(4)14-13-19-7-5-9-21(16-19)28(29,30)31/h5-12,15-17H,13-14H2,1-4H3,(H,34,35). The van der Waals surface area contributed by atoms with Crippen molar-refractivity contribution in [1.29, 1.82) is 0 Å². The van der Waals surface area contributed by atoms with Gasteiger partial charge in [0.2, 0.25) is 0 Å². The van der Waals surface area contributed by atoms with Gasteiger partial charge in [-0.1, -0.05) is 24.3 Å². The molecule has 1 N–H and O–H groups in total. The van der Waals surface area contributed by atoms with Crippen molar-refractivity contribution in [3.63, 3.8) is 0 Å². The van der Waals surface area contributed by atoms with Gasteiger partial charge in [0.1, 0.15) is 17.2 Å². The summed E-state index contributed by atoms with van der Waals surface area (Å²) in [6.07, 6.45) is -4.14. The molecular weight excluding hydrogens is 487 g/mol. The van der Waals surface area contributed by atoms with Crippen LogP contribution in [0.4, 0.5) is 13.2 Å². The first-order valence-corrected chi connectivity index (χ1v) is 11.5. The van der Waals surface area contributed by atoms with Gasteiger partial charge in [-0.05, 0) is 80.8 Å². The molecule has 0 atom stereocenters. The minimum absolute atomic E-state index is 0.235. The molecule has 3 aromatic carbocycles. The van der Waals surface area contributed by atoms with E-state index in [0.717, 1.165) is 12.1 Å². The maximum Gasteiger partial charge on any atom is 0.416 e. The molecule has 0 aliphatic rings. The topological polar surface area (TPSA) is 76.1 Å². The summed E-state index contributed by atoms with van der Waals surface area (Å²) in [6.45, 7) is 4.91. The van der Waals surface area contributed by atoms with Gasteiger partial charge in [-0.25, -0.2) is 4.79 Å². The average molecular weight is 516 g/mol. The van der Waals surface area contributed by atoms with Crippen LogP contribution in [0, 0.1) is 6.92 Å². The van der Waals surface area contributed by atoms with Crippen molar-refractivity contribution < 1.29 is 37.3 Å². The third-order valence-electron chi connectivity index (χ3n) is 5.68. The largest absolute Gasteiger partial charge is 0.478 e. The summed E-state index contributed by atoms with van der Waals surface area (Å²) >= 11 is 0. The van der Waals surface area contributed by atoms with Gasteiger partial charge in [0, 0.05) is 19.2 Å². The zero-order valence-electron chi connectivity index (χ0n) is 20.9. The third kappa shape index (κ3) is 7.25. The Morgan fingerprint density at radius 2 is 1.62 bits per heavy atom. The third-order valence-corrected chi connectivity index (χ3v) is 5.68. The minimum atomic E-state index is -4.42. The summed E-state index contributed by atoms with van der Waals surface area (Å²) < 4.78 is 50.3. The maximum atomic E-state index is 12.9. The number of carboxylic acids is 1. The monoisotopic (exact) mass is 515 g/mol. The van der Waals surface area contributed by atoms with E-state index in [0.29, 0.717) is 33.9 Å².